The molecule has 0 unspecified atom stereocenters. The summed E-state index contributed by atoms with van der Waals surface area (Å²) in [5.74, 6) is 0.116. The summed E-state index contributed by atoms with van der Waals surface area (Å²) in [6, 6.07) is 3.29. The number of benzene rings is 1. The molecule has 0 heterocycles. The number of hydrogen-bond donors (Lipinski definition) is 0. The highest BCUT2D eigenvalue weighted by Crippen LogP contribution is 2.34. The Morgan fingerprint density at radius 3 is 2.21 bits per heavy atom. The summed E-state index contributed by atoms with van der Waals surface area (Å²) in [4.78, 5) is 10.8. The summed E-state index contributed by atoms with van der Waals surface area (Å²) < 4.78 is 9.07. The average Bonchev–Trinajstić information content (AvgIpc) is 2.10. The van der Waals surface area contributed by atoms with Gasteiger partial charge in [-0.05, 0) is 24.6 Å². The van der Waals surface area contributed by atoms with Gasteiger partial charge in [0.25, 0.3) is 0 Å². The third-order valence-electron chi connectivity index (χ3n) is 1.49. The second kappa shape index (κ2) is 4.53. The number of carbonyl (C=O) groups is 1. The van der Waals surface area contributed by atoms with Crippen molar-refractivity contribution in [2.45, 2.75) is 6.92 Å². The van der Waals surface area contributed by atoms with E-state index in [2.05, 4.69) is 4.74 Å². The smallest absolute Gasteiger partial charge is 0.437 e. The molecule has 1 rings (SSSR count). The van der Waals surface area contributed by atoms with E-state index in [0.29, 0.717) is 0 Å². The maximum Gasteiger partial charge on any atom is 0.513 e. The van der Waals surface area contributed by atoms with Crippen LogP contribution in [0.3, 0.4) is 0 Å². The van der Waals surface area contributed by atoms with Gasteiger partial charge in [0.1, 0.15) is 0 Å². The predicted octanol–water partition coefficient (Wildman–Crippen LogP) is 3.45. The van der Waals surface area contributed by atoms with Gasteiger partial charge in [-0.25, -0.2) is 4.79 Å². The molecular formula is C9H8Cl2O3. The monoisotopic (exact) mass is 234 g/mol. The Hall–Kier alpha value is -0.930. The maximum absolute atomic E-state index is 10.8. The van der Waals surface area contributed by atoms with E-state index in [1.54, 1.807) is 12.1 Å². The minimum atomic E-state index is -0.849. The van der Waals surface area contributed by atoms with Crippen molar-refractivity contribution in [2.75, 3.05) is 7.11 Å². The van der Waals surface area contributed by atoms with Gasteiger partial charge in [0, 0.05) is 0 Å². The molecule has 0 bridgehead atoms. The van der Waals surface area contributed by atoms with Crippen LogP contribution in [-0.2, 0) is 4.74 Å². The van der Waals surface area contributed by atoms with E-state index in [1.807, 2.05) is 6.92 Å². The Morgan fingerprint density at radius 1 is 1.29 bits per heavy atom. The van der Waals surface area contributed by atoms with Gasteiger partial charge < -0.3 is 9.47 Å². The normalized spacial score (nSPS) is 9.71. The highest BCUT2D eigenvalue weighted by atomic mass is 35.5. The third-order valence-corrected chi connectivity index (χ3v) is 2.06. The van der Waals surface area contributed by atoms with Gasteiger partial charge in [0.15, 0.2) is 5.75 Å². The van der Waals surface area contributed by atoms with Crippen molar-refractivity contribution in [1.82, 2.24) is 0 Å². The molecule has 1 aromatic carbocycles. The number of hydrogen-bond acceptors (Lipinski definition) is 3. The van der Waals surface area contributed by atoms with Crippen LogP contribution < -0.4 is 4.74 Å². The number of aryl methyl sites for hydroxylation is 1. The first kappa shape index (κ1) is 11.1. The Balaban J connectivity index is 3.02. The molecule has 0 amide bonds. The fraction of sp³-hybridized carbons (Fsp3) is 0.222. The third kappa shape index (κ3) is 2.53. The summed E-state index contributed by atoms with van der Waals surface area (Å²) in [5.41, 5.74) is 0.886. The van der Waals surface area contributed by atoms with Crippen LogP contribution in [0.2, 0.25) is 10.0 Å². The second-order valence-corrected chi connectivity index (χ2v) is 3.43. The molecule has 0 N–H and O–H groups in total. The van der Waals surface area contributed by atoms with Crippen molar-refractivity contribution < 1.29 is 14.3 Å². The Kier molecular flexibility index (Phi) is 3.61. The van der Waals surface area contributed by atoms with Crippen LogP contribution >= 0.6 is 23.2 Å². The molecule has 0 radical (unpaired) electrons. The lowest BCUT2D eigenvalue weighted by molar-refractivity contribution is 0.121. The molecule has 0 saturated carbocycles. The molecule has 0 fully saturated rings. The molecule has 14 heavy (non-hydrogen) atoms. The Bertz CT molecular complexity index is 340. The molecule has 5 heteroatoms. The number of methoxy groups -OCH3 is 1. The molecule has 0 aliphatic heterocycles. The standard InChI is InChI=1S/C9H8Cl2O3/c1-5-3-6(10)8(7(11)4-5)14-9(12)13-2/h3-4H,1-2H3. The SMILES string of the molecule is COC(=O)Oc1c(Cl)cc(C)cc1Cl. The van der Waals surface area contributed by atoms with Crippen LogP contribution in [-0.4, -0.2) is 13.3 Å². The van der Waals surface area contributed by atoms with Gasteiger partial charge in [-0.3, -0.25) is 0 Å². The molecule has 0 spiro atoms. The highest BCUT2D eigenvalue weighted by molar-refractivity contribution is 6.37. The van der Waals surface area contributed by atoms with Gasteiger partial charge in [0.05, 0.1) is 17.2 Å². The van der Waals surface area contributed by atoms with E-state index in [9.17, 15) is 4.79 Å². The molecule has 1 aromatic rings. The van der Waals surface area contributed by atoms with Crippen molar-refractivity contribution in [3.8, 4) is 5.75 Å². The van der Waals surface area contributed by atoms with Gasteiger partial charge in [-0.2, -0.15) is 0 Å². The predicted molar refractivity (Wildman–Crippen MR) is 54.2 cm³/mol. The lowest BCUT2D eigenvalue weighted by Crippen LogP contribution is -2.08. The van der Waals surface area contributed by atoms with E-state index in [0.717, 1.165) is 5.56 Å². The molecule has 0 aromatic heterocycles. The van der Waals surface area contributed by atoms with Crippen LogP contribution in [0, 0.1) is 6.92 Å². The minimum Gasteiger partial charge on any atom is -0.437 e. The molecular weight excluding hydrogens is 227 g/mol. The van der Waals surface area contributed by atoms with Crippen molar-refractivity contribution in [3.63, 3.8) is 0 Å². The molecule has 0 atom stereocenters. The number of ether oxygens (including phenoxy) is 2. The highest BCUT2D eigenvalue weighted by Gasteiger charge is 2.12. The van der Waals surface area contributed by atoms with Crippen molar-refractivity contribution in [2.24, 2.45) is 0 Å². The average molecular weight is 235 g/mol. The lowest BCUT2D eigenvalue weighted by atomic mass is 10.2. The molecule has 76 valence electrons. The maximum atomic E-state index is 10.8. The molecule has 0 aliphatic carbocycles. The number of halogens is 2. The van der Waals surface area contributed by atoms with E-state index in [1.165, 1.54) is 7.11 Å². The van der Waals surface area contributed by atoms with Gasteiger partial charge >= 0.3 is 6.16 Å². The van der Waals surface area contributed by atoms with Crippen LogP contribution in [0.1, 0.15) is 5.56 Å². The van der Waals surface area contributed by atoms with E-state index in [4.69, 9.17) is 27.9 Å². The Morgan fingerprint density at radius 2 is 1.79 bits per heavy atom. The van der Waals surface area contributed by atoms with E-state index < -0.39 is 6.16 Å². The number of carbonyl (C=O) groups excluding carboxylic acids is 1. The van der Waals surface area contributed by atoms with Crippen LogP contribution in [0.4, 0.5) is 4.79 Å². The summed E-state index contributed by atoms with van der Waals surface area (Å²) in [5, 5.41) is 0.556. The summed E-state index contributed by atoms with van der Waals surface area (Å²) >= 11 is 11.6. The van der Waals surface area contributed by atoms with Crippen molar-refractivity contribution in [1.29, 1.82) is 0 Å². The van der Waals surface area contributed by atoms with Crippen molar-refractivity contribution in [3.05, 3.63) is 27.7 Å². The van der Waals surface area contributed by atoms with Gasteiger partial charge in [-0.15, -0.1) is 0 Å². The zero-order chi connectivity index (χ0) is 10.7. The Labute approximate surface area is 91.5 Å². The quantitative estimate of drug-likeness (QED) is 0.552. The minimum absolute atomic E-state index is 0.116. The fourth-order valence-electron chi connectivity index (χ4n) is 0.909. The number of rotatable bonds is 1. The summed E-state index contributed by atoms with van der Waals surface area (Å²) in [6.45, 7) is 1.83. The molecule has 3 nitrogen and oxygen atoms in total. The van der Waals surface area contributed by atoms with Crippen LogP contribution in [0.15, 0.2) is 12.1 Å². The van der Waals surface area contributed by atoms with Crippen LogP contribution in [0.25, 0.3) is 0 Å². The second-order valence-electron chi connectivity index (χ2n) is 2.61. The van der Waals surface area contributed by atoms with Crippen LogP contribution in [0.5, 0.6) is 5.75 Å². The summed E-state index contributed by atoms with van der Waals surface area (Å²) in [7, 11) is 1.21. The first-order chi connectivity index (χ1) is 6.54. The first-order valence-corrected chi connectivity index (χ1v) is 4.51. The zero-order valence-electron chi connectivity index (χ0n) is 7.64. The fourth-order valence-corrected chi connectivity index (χ4v) is 1.58. The lowest BCUT2D eigenvalue weighted by Gasteiger charge is -2.07. The largest absolute Gasteiger partial charge is 0.513 e. The summed E-state index contributed by atoms with van der Waals surface area (Å²) in [6.07, 6.45) is -0.849. The molecule has 0 saturated heterocycles. The van der Waals surface area contributed by atoms with Crippen molar-refractivity contribution >= 4 is 29.4 Å². The molecule has 0 aliphatic rings. The first-order valence-electron chi connectivity index (χ1n) is 3.76. The topological polar surface area (TPSA) is 35.5 Å². The van der Waals surface area contributed by atoms with E-state index >= 15 is 0 Å². The zero-order valence-corrected chi connectivity index (χ0v) is 9.15. The van der Waals surface area contributed by atoms with Gasteiger partial charge in [-0.1, -0.05) is 23.2 Å². The van der Waals surface area contributed by atoms with E-state index in [-0.39, 0.29) is 15.8 Å². The van der Waals surface area contributed by atoms with Gasteiger partial charge in [0.2, 0.25) is 0 Å².